The average molecular weight is 363 g/mol. The molecule has 1 atom stereocenters. The molecule has 2 aromatic rings. The van der Waals surface area contributed by atoms with E-state index in [1.165, 1.54) is 24.3 Å². The van der Waals surface area contributed by atoms with Gasteiger partial charge in [0.1, 0.15) is 5.82 Å². The Morgan fingerprint density at radius 2 is 1.72 bits per heavy atom. The van der Waals surface area contributed by atoms with Gasteiger partial charge in [-0.1, -0.05) is 18.2 Å². The molecule has 1 unspecified atom stereocenters. The summed E-state index contributed by atoms with van der Waals surface area (Å²) in [7, 11) is 0. The molecule has 1 amide bonds. The van der Waals surface area contributed by atoms with E-state index in [0.717, 1.165) is 25.9 Å². The standard InChI is InChI=1S/C19H19FN2O2.ClH/c20-14-9-7-13(8-10-14)18(23)16-5-1-2-6-17(16)19(24)22-15-4-3-11-21-12-15;/h1-2,5-10,15,21H,3-4,11-12H2,(H,22,24);1H. The minimum absolute atomic E-state index is 0. The molecule has 0 spiro atoms. The van der Waals surface area contributed by atoms with Gasteiger partial charge in [0.25, 0.3) is 5.91 Å². The zero-order valence-corrected chi connectivity index (χ0v) is 14.4. The molecule has 2 aromatic carbocycles. The fraction of sp³-hybridized carbons (Fsp3) is 0.263. The van der Waals surface area contributed by atoms with Gasteiger partial charge >= 0.3 is 0 Å². The highest BCUT2D eigenvalue weighted by Gasteiger charge is 2.21. The minimum Gasteiger partial charge on any atom is -0.348 e. The summed E-state index contributed by atoms with van der Waals surface area (Å²) in [5.74, 6) is -0.945. The van der Waals surface area contributed by atoms with Crippen molar-refractivity contribution < 1.29 is 14.0 Å². The Morgan fingerprint density at radius 1 is 1.04 bits per heavy atom. The fourth-order valence-electron chi connectivity index (χ4n) is 2.87. The molecule has 0 aliphatic carbocycles. The second kappa shape index (κ2) is 8.74. The van der Waals surface area contributed by atoms with Crippen LogP contribution in [0.2, 0.25) is 0 Å². The van der Waals surface area contributed by atoms with E-state index in [2.05, 4.69) is 10.6 Å². The van der Waals surface area contributed by atoms with E-state index in [4.69, 9.17) is 0 Å². The van der Waals surface area contributed by atoms with Crippen molar-refractivity contribution >= 4 is 24.1 Å². The molecular weight excluding hydrogens is 343 g/mol. The zero-order valence-electron chi connectivity index (χ0n) is 13.6. The number of nitrogens with one attached hydrogen (secondary N) is 2. The Kier molecular flexibility index (Phi) is 6.67. The molecule has 0 saturated carbocycles. The lowest BCUT2D eigenvalue weighted by Crippen LogP contribution is -2.45. The van der Waals surface area contributed by atoms with Crippen molar-refractivity contribution in [1.29, 1.82) is 0 Å². The van der Waals surface area contributed by atoms with Gasteiger partial charge in [0, 0.05) is 23.7 Å². The number of carbonyl (C=O) groups excluding carboxylic acids is 2. The lowest BCUT2D eigenvalue weighted by atomic mass is 9.97. The SMILES string of the molecule is Cl.O=C(NC1CCCNC1)c1ccccc1C(=O)c1ccc(F)cc1. The quantitative estimate of drug-likeness (QED) is 0.822. The zero-order chi connectivity index (χ0) is 16.9. The molecule has 1 saturated heterocycles. The molecule has 1 heterocycles. The molecular formula is C19H20ClFN2O2. The van der Waals surface area contributed by atoms with Crippen LogP contribution >= 0.6 is 12.4 Å². The number of hydrogen-bond acceptors (Lipinski definition) is 3. The second-order valence-electron chi connectivity index (χ2n) is 5.90. The molecule has 1 aliphatic rings. The molecule has 0 aromatic heterocycles. The summed E-state index contributed by atoms with van der Waals surface area (Å²) >= 11 is 0. The van der Waals surface area contributed by atoms with Crippen molar-refractivity contribution in [3.63, 3.8) is 0 Å². The van der Waals surface area contributed by atoms with Gasteiger partial charge in [-0.2, -0.15) is 0 Å². The molecule has 0 radical (unpaired) electrons. The number of rotatable bonds is 4. The first-order chi connectivity index (χ1) is 11.6. The van der Waals surface area contributed by atoms with Crippen LogP contribution in [-0.2, 0) is 0 Å². The fourth-order valence-corrected chi connectivity index (χ4v) is 2.87. The van der Waals surface area contributed by atoms with Crippen LogP contribution in [0.3, 0.4) is 0 Å². The van der Waals surface area contributed by atoms with Crippen LogP contribution in [0, 0.1) is 5.82 Å². The predicted molar refractivity (Wildman–Crippen MR) is 96.9 cm³/mol. The van der Waals surface area contributed by atoms with Crippen molar-refractivity contribution in [3.8, 4) is 0 Å². The van der Waals surface area contributed by atoms with Gasteiger partial charge in [-0.3, -0.25) is 9.59 Å². The van der Waals surface area contributed by atoms with Gasteiger partial charge in [0.05, 0.1) is 5.56 Å². The van der Waals surface area contributed by atoms with Crippen LogP contribution in [0.4, 0.5) is 4.39 Å². The van der Waals surface area contributed by atoms with E-state index in [9.17, 15) is 14.0 Å². The molecule has 132 valence electrons. The van der Waals surface area contributed by atoms with Gasteiger partial charge in [0.2, 0.25) is 0 Å². The number of hydrogen-bond donors (Lipinski definition) is 2. The van der Waals surface area contributed by atoms with E-state index in [0.29, 0.717) is 16.7 Å². The first-order valence-corrected chi connectivity index (χ1v) is 8.06. The first kappa shape index (κ1) is 19.1. The molecule has 1 aliphatic heterocycles. The van der Waals surface area contributed by atoms with Crippen LogP contribution in [0.1, 0.15) is 39.1 Å². The van der Waals surface area contributed by atoms with Crippen molar-refractivity contribution in [2.45, 2.75) is 18.9 Å². The number of amides is 1. The van der Waals surface area contributed by atoms with Crippen LogP contribution in [-0.4, -0.2) is 30.8 Å². The summed E-state index contributed by atoms with van der Waals surface area (Å²) in [5, 5.41) is 6.22. The lowest BCUT2D eigenvalue weighted by Gasteiger charge is -2.24. The molecule has 2 N–H and O–H groups in total. The lowest BCUT2D eigenvalue weighted by molar-refractivity contribution is 0.0921. The van der Waals surface area contributed by atoms with Gasteiger partial charge in [-0.05, 0) is 49.7 Å². The summed E-state index contributed by atoms with van der Waals surface area (Å²) in [6.07, 6.45) is 1.94. The smallest absolute Gasteiger partial charge is 0.252 e. The summed E-state index contributed by atoms with van der Waals surface area (Å²) in [6.45, 7) is 1.70. The van der Waals surface area contributed by atoms with Gasteiger partial charge in [-0.15, -0.1) is 12.4 Å². The van der Waals surface area contributed by atoms with E-state index in [1.807, 2.05) is 0 Å². The summed E-state index contributed by atoms with van der Waals surface area (Å²) < 4.78 is 13.0. The van der Waals surface area contributed by atoms with E-state index in [-0.39, 0.29) is 30.1 Å². The van der Waals surface area contributed by atoms with Crippen LogP contribution in [0.25, 0.3) is 0 Å². The average Bonchev–Trinajstić information content (AvgIpc) is 2.62. The summed E-state index contributed by atoms with van der Waals surface area (Å²) in [5.41, 5.74) is 1.03. The number of ketones is 1. The van der Waals surface area contributed by atoms with Crippen molar-refractivity contribution in [2.24, 2.45) is 0 Å². The van der Waals surface area contributed by atoms with E-state index < -0.39 is 5.82 Å². The largest absolute Gasteiger partial charge is 0.348 e. The van der Waals surface area contributed by atoms with Crippen molar-refractivity contribution in [1.82, 2.24) is 10.6 Å². The number of benzene rings is 2. The highest BCUT2D eigenvalue weighted by molar-refractivity contribution is 6.15. The van der Waals surface area contributed by atoms with E-state index >= 15 is 0 Å². The number of halogens is 2. The summed E-state index contributed by atoms with van der Waals surface area (Å²) in [6, 6.07) is 12.1. The maximum atomic E-state index is 13.0. The third-order valence-electron chi connectivity index (χ3n) is 4.15. The van der Waals surface area contributed by atoms with Crippen LogP contribution in [0.15, 0.2) is 48.5 Å². The molecule has 4 nitrogen and oxygen atoms in total. The Bertz CT molecular complexity index is 743. The number of carbonyl (C=O) groups is 2. The molecule has 6 heteroatoms. The Labute approximate surface area is 152 Å². The van der Waals surface area contributed by atoms with Crippen molar-refractivity contribution in [2.75, 3.05) is 13.1 Å². The monoisotopic (exact) mass is 362 g/mol. The van der Waals surface area contributed by atoms with Crippen molar-refractivity contribution in [3.05, 3.63) is 71.0 Å². The highest BCUT2D eigenvalue weighted by atomic mass is 35.5. The summed E-state index contributed by atoms with van der Waals surface area (Å²) in [4.78, 5) is 25.2. The predicted octanol–water partition coefficient (Wildman–Crippen LogP) is 2.96. The van der Waals surface area contributed by atoms with E-state index in [1.54, 1.807) is 24.3 Å². The molecule has 3 rings (SSSR count). The molecule has 1 fully saturated rings. The number of piperidine rings is 1. The topological polar surface area (TPSA) is 58.2 Å². The van der Waals surface area contributed by atoms with Gasteiger partial charge in [-0.25, -0.2) is 4.39 Å². The van der Waals surface area contributed by atoms with Crippen LogP contribution in [0.5, 0.6) is 0 Å². The third kappa shape index (κ3) is 4.65. The third-order valence-corrected chi connectivity index (χ3v) is 4.15. The maximum absolute atomic E-state index is 13.0. The molecule has 25 heavy (non-hydrogen) atoms. The minimum atomic E-state index is -0.401. The Balaban J connectivity index is 0.00000225. The molecule has 0 bridgehead atoms. The maximum Gasteiger partial charge on any atom is 0.252 e. The van der Waals surface area contributed by atoms with Gasteiger partial charge in [0.15, 0.2) is 5.78 Å². The second-order valence-corrected chi connectivity index (χ2v) is 5.90. The Morgan fingerprint density at radius 3 is 2.36 bits per heavy atom. The van der Waals surface area contributed by atoms with Crippen LogP contribution < -0.4 is 10.6 Å². The van der Waals surface area contributed by atoms with Gasteiger partial charge < -0.3 is 10.6 Å². The Hall–Kier alpha value is -2.24. The normalized spacial score (nSPS) is 16.6. The first-order valence-electron chi connectivity index (χ1n) is 8.06. The highest BCUT2D eigenvalue weighted by Crippen LogP contribution is 2.16.